The summed E-state index contributed by atoms with van der Waals surface area (Å²) in [6.07, 6.45) is 2.73. The number of hydrogen-bond donors (Lipinski definition) is 0. The number of piperidine rings is 1. The second-order valence-corrected chi connectivity index (χ2v) is 12.3. The van der Waals surface area contributed by atoms with Gasteiger partial charge in [0.15, 0.2) is 0 Å². The first-order valence-corrected chi connectivity index (χ1v) is 15.1. The van der Waals surface area contributed by atoms with Gasteiger partial charge in [-0.25, -0.2) is 0 Å². The van der Waals surface area contributed by atoms with Gasteiger partial charge in [-0.2, -0.15) is 0 Å². The van der Waals surface area contributed by atoms with E-state index in [2.05, 4.69) is 29.2 Å². The highest BCUT2D eigenvalue weighted by atomic mass is 35.5. The zero-order valence-corrected chi connectivity index (χ0v) is 25.7. The number of hydrogen-bond acceptors (Lipinski definition) is 4. The Morgan fingerprint density at radius 1 is 0.905 bits per heavy atom. The third-order valence-electron chi connectivity index (χ3n) is 9.50. The fraction of sp³-hybridized carbons (Fsp3) is 0.412. The van der Waals surface area contributed by atoms with Crippen LogP contribution in [0.3, 0.4) is 0 Å². The Labute approximate surface area is 260 Å². The second-order valence-electron chi connectivity index (χ2n) is 11.9. The Balaban J connectivity index is 0.00000353. The summed E-state index contributed by atoms with van der Waals surface area (Å²) in [5.41, 5.74) is 2.75. The van der Waals surface area contributed by atoms with Crippen molar-refractivity contribution >= 4 is 35.8 Å². The molecular weight excluding hydrogens is 569 g/mol. The summed E-state index contributed by atoms with van der Waals surface area (Å²) in [5, 5.41) is 0.501. The monoisotopic (exact) mass is 607 g/mol. The van der Waals surface area contributed by atoms with Gasteiger partial charge in [-0.3, -0.25) is 9.59 Å². The maximum Gasteiger partial charge on any atom is 0.255 e. The fourth-order valence-corrected chi connectivity index (χ4v) is 7.28. The molecule has 3 aliphatic heterocycles. The molecule has 3 heterocycles. The quantitative estimate of drug-likeness (QED) is 0.324. The molecule has 0 aliphatic carbocycles. The maximum atomic E-state index is 13.6. The zero-order valence-electron chi connectivity index (χ0n) is 24.1. The van der Waals surface area contributed by atoms with Crippen LogP contribution in [0.1, 0.15) is 46.7 Å². The standard InChI is InChI=1S/C34H38ClN3O3.ClH/c1-41-28-13-11-25(12-14-28)21-37-20-17-34(33(37)40)15-18-36(19-16-34)22-27-23-38(24-30(27)26-7-3-2-4-8-26)32(39)29-9-5-6-10-31(29)35;/h2-14,27,30H,15-24H2,1H3;1H/t27-,30+;/m0./s1. The summed E-state index contributed by atoms with van der Waals surface area (Å²) in [5.74, 6) is 1.74. The molecule has 3 saturated heterocycles. The van der Waals surface area contributed by atoms with E-state index in [1.165, 1.54) is 5.56 Å². The Hall–Kier alpha value is -3.06. The number of carbonyl (C=O) groups excluding carboxylic acids is 2. The molecule has 3 aromatic rings. The lowest BCUT2D eigenvalue weighted by Gasteiger charge is -2.39. The van der Waals surface area contributed by atoms with Gasteiger partial charge in [-0.05, 0) is 73.7 Å². The normalized spacial score (nSPS) is 21.9. The molecular formula is C34H39Cl2N3O3. The van der Waals surface area contributed by atoms with E-state index in [0.717, 1.165) is 56.8 Å². The topological polar surface area (TPSA) is 53.1 Å². The van der Waals surface area contributed by atoms with E-state index in [1.54, 1.807) is 13.2 Å². The molecule has 3 aliphatic rings. The van der Waals surface area contributed by atoms with Crippen LogP contribution < -0.4 is 4.74 Å². The predicted octanol–water partition coefficient (Wildman–Crippen LogP) is 6.14. The molecule has 0 aromatic heterocycles. The highest BCUT2D eigenvalue weighted by Gasteiger charge is 2.48. The van der Waals surface area contributed by atoms with Gasteiger partial charge in [0.25, 0.3) is 5.91 Å². The molecule has 6 nitrogen and oxygen atoms in total. The zero-order chi connectivity index (χ0) is 28.4. The Morgan fingerprint density at radius 2 is 1.57 bits per heavy atom. The lowest BCUT2D eigenvalue weighted by Crippen LogP contribution is -2.46. The molecule has 0 N–H and O–H groups in total. The van der Waals surface area contributed by atoms with Crippen LogP contribution in [-0.4, -0.2) is 72.9 Å². The third-order valence-corrected chi connectivity index (χ3v) is 9.83. The van der Waals surface area contributed by atoms with Crippen molar-refractivity contribution in [1.29, 1.82) is 0 Å². The number of benzene rings is 3. The van der Waals surface area contributed by atoms with E-state index < -0.39 is 0 Å². The molecule has 0 unspecified atom stereocenters. The number of methoxy groups -OCH3 is 1. The molecule has 0 radical (unpaired) electrons. The number of nitrogens with zero attached hydrogens (tertiary/aromatic N) is 3. The summed E-state index contributed by atoms with van der Waals surface area (Å²) in [4.78, 5) is 33.6. The summed E-state index contributed by atoms with van der Waals surface area (Å²) in [7, 11) is 1.67. The van der Waals surface area contributed by atoms with E-state index in [-0.39, 0.29) is 29.6 Å². The van der Waals surface area contributed by atoms with Crippen molar-refractivity contribution in [3.63, 3.8) is 0 Å². The SMILES string of the molecule is COc1ccc(CN2CCC3(CCN(C[C@H]4CN(C(=O)c5ccccc5Cl)C[C@@H]4c4ccccc4)CC3)C2=O)cc1.Cl. The van der Waals surface area contributed by atoms with Crippen molar-refractivity contribution < 1.29 is 14.3 Å². The molecule has 2 atom stereocenters. The van der Waals surface area contributed by atoms with E-state index in [9.17, 15) is 9.59 Å². The van der Waals surface area contributed by atoms with Gasteiger partial charge < -0.3 is 19.4 Å². The third kappa shape index (κ3) is 6.17. The fourth-order valence-electron chi connectivity index (χ4n) is 7.06. The van der Waals surface area contributed by atoms with Crippen LogP contribution in [-0.2, 0) is 11.3 Å². The smallest absolute Gasteiger partial charge is 0.255 e. The molecule has 42 heavy (non-hydrogen) atoms. The van der Waals surface area contributed by atoms with Crippen LogP contribution in [0.15, 0.2) is 78.9 Å². The Bertz CT molecular complexity index is 1380. The van der Waals surface area contributed by atoms with Crippen LogP contribution in [0, 0.1) is 11.3 Å². The summed E-state index contributed by atoms with van der Waals surface area (Å²) >= 11 is 6.39. The minimum atomic E-state index is -0.233. The highest BCUT2D eigenvalue weighted by molar-refractivity contribution is 6.33. The van der Waals surface area contributed by atoms with Gasteiger partial charge in [0.05, 0.1) is 23.1 Å². The van der Waals surface area contributed by atoms with E-state index in [0.29, 0.717) is 42.0 Å². The average Bonchev–Trinajstić information content (AvgIpc) is 3.56. The maximum absolute atomic E-state index is 13.6. The van der Waals surface area contributed by atoms with Gasteiger partial charge in [0.2, 0.25) is 5.91 Å². The van der Waals surface area contributed by atoms with Crippen LogP contribution >= 0.6 is 24.0 Å². The lowest BCUT2D eigenvalue weighted by atomic mass is 9.76. The summed E-state index contributed by atoms with van der Waals surface area (Å²) in [6, 6.07) is 25.9. The van der Waals surface area contributed by atoms with E-state index in [4.69, 9.17) is 16.3 Å². The predicted molar refractivity (Wildman–Crippen MR) is 168 cm³/mol. The molecule has 0 bridgehead atoms. The van der Waals surface area contributed by atoms with Crippen molar-refractivity contribution in [2.75, 3.05) is 46.4 Å². The molecule has 6 rings (SSSR count). The molecule has 8 heteroatoms. The molecule has 1 spiro atoms. The molecule has 222 valence electrons. The van der Waals surface area contributed by atoms with Crippen molar-refractivity contribution in [1.82, 2.24) is 14.7 Å². The van der Waals surface area contributed by atoms with E-state index >= 15 is 0 Å². The Morgan fingerprint density at radius 3 is 2.26 bits per heavy atom. The van der Waals surface area contributed by atoms with Gasteiger partial charge in [0.1, 0.15) is 5.75 Å². The molecule has 3 fully saturated rings. The van der Waals surface area contributed by atoms with Crippen LogP contribution in [0.4, 0.5) is 0 Å². The first kappa shape index (κ1) is 30.4. The van der Waals surface area contributed by atoms with Crippen molar-refractivity contribution in [3.8, 4) is 5.75 Å². The number of ether oxygens (including phenoxy) is 1. The second kappa shape index (κ2) is 13.1. The average molecular weight is 609 g/mol. The number of carbonyl (C=O) groups is 2. The lowest BCUT2D eigenvalue weighted by molar-refractivity contribution is -0.139. The van der Waals surface area contributed by atoms with Gasteiger partial charge in [-0.15, -0.1) is 12.4 Å². The molecule has 0 saturated carbocycles. The Kier molecular flexibility index (Phi) is 9.46. The van der Waals surface area contributed by atoms with Gasteiger partial charge in [-0.1, -0.05) is 66.2 Å². The van der Waals surface area contributed by atoms with Gasteiger partial charge in [0, 0.05) is 38.6 Å². The number of halogens is 2. The highest BCUT2D eigenvalue weighted by Crippen LogP contribution is 2.43. The summed E-state index contributed by atoms with van der Waals surface area (Å²) < 4.78 is 5.27. The summed E-state index contributed by atoms with van der Waals surface area (Å²) in [6.45, 7) is 5.63. The number of likely N-dealkylation sites (tertiary alicyclic amines) is 3. The van der Waals surface area contributed by atoms with Crippen molar-refractivity contribution in [3.05, 3.63) is 101 Å². The minimum absolute atomic E-state index is 0. The van der Waals surface area contributed by atoms with E-state index in [1.807, 2.05) is 58.3 Å². The van der Waals surface area contributed by atoms with Gasteiger partial charge >= 0.3 is 0 Å². The van der Waals surface area contributed by atoms with Crippen molar-refractivity contribution in [2.24, 2.45) is 11.3 Å². The number of rotatable bonds is 7. The first-order valence-electron chi connectivity index (χ1n) is 14.7. The molecule has 2 amide bonds. The molecule has 3 aromatic carbocycles. The van der Waals surface area contributed by atoms with Crippen molar-refractivity contribution in [2.45, 2.75) is 31.7 Å². The minimum Gasteiger partial charge on any atom is -0.497 e. The van der Waals surface area contributed by atoms with Crippen LogP contribution in [0.2, 0.25) is 5.02 Å². The number of amides is 2. The van der Waals surface area contributed by atoms with Crippen LogP contribution in [0.5, 0.6) is 5.75 Å². The van der Waals surface area contributed by atoms with Crippen LogP contribution in [0.25, 0.3) is 0 Å². The largest absolute Gasteiger partial charge is 0.497 e. The first-order chi connectivity index (χ1) is 20.0.